The lowest BCUT2D eigenvalue weighted by molar-refractivity contribution is -0.132. The topological polar surface area (TPSA) is 43.9 Å². The second-order valence-corrected chi connectivity index (χ2v) is 7.47. The SMILES string of the molecule is CC(=O)N1CCC(CN(C)CCC(=O)N2CCc3ccccc3C2)C1. The van der Waals surface area contributed by atoms with E-state index in [9.17, 15) is 9.59 Å². The van der Waals surface area contributed by atoms with Gasteiger partial charge in [0.2, 0.25) is 11.8 Å². The first-order valence-electron chi connectivity index (χ1n) is 9.31. The van der Waals surface area contributed by atoms with Gasteiger partial charge in [0.05, 0.1) is 0 Å². The zero-order chi connectivity index (χ0) is 17.8. The van der Waals surface area contributed by atoms with Crippen molar-refractivity contribution in [3.63, 3.8) is 0 Å². The molecule has 5 nitrogen and oxygen atoms in total. The molecular formula is C20H29N3O2. The number of amides is 2. The zero-order valence-corrected chi connectivity index (χ0v) is 15.4. The fourth-order valence-corrected chi connectivity index (χ4v) is 3.95. The summed E-state index contributed by atoms with van der Waals surface area (Å²) >= 11 is 0. The highest BCUT2D eigenvalue weighted by Gasteiger charge is 2.25. The fraction of sp³-hybridized carbons (Fsp3) is 0.600. The molecule has 0 bridgehead atoms. The van der Waals surface area contributed by atoms with Crippen molar-refractivity contribution in [2.45, 2.75) is 32.7 Å². The summed E-state index contributed by atoms with van der Waals surface area (Å²) in [7, 11) is 2.08. The smallest absolute Gasteiger partial charge is 0.224 e. The van der Waals surface area contributed by atoms with E-state index in [1.54, 1.807) is 6.92 Å². The molecule has 2 amide bonds. The van der Waals surface area contributed by atoms with Crippen molar-refractivity contribution in [3.8, 4) is 0 Å². The summed E-state index contributed by atoms with van der Waals surface area (Å²) in [5.41, 5.74) is 2.66. The third kappa shape index (κ3) is 4.60. The minimum atomic E-state index is 0.172. The first-order valence-corrected chi connectivity index (χ1v) is 9.31. The molecule has 0 radical (unpaired) electrons. The lowest BCUT2D eigenvalue weighted by Crippen LogP contribution is -2.38. The van der Waals surface area contributed by atoms with Crippen LogP contribution in [-0.2, 0) is 22.6 Å². The number of carbonyl (C=O) groups is 2. The summed E-state index contributed by atoms with van der Waals surface area (Å²) < 4.78 is 0. The van der Waals surface area contributed by atoms with Crippen LogP contribution in [0.15, 0.2) is 24.3 Å². The minimum absolute atomic E-state index is 0.172. The molecule has 1 aromatic rings. The molecule has 1 saturated heterocycles. The zero-order valence-electron chi connectivity index (χ0n) is 15.4. The number of hydrogen-bond donors (Lipinski definition) is 0. The van der Waals surface area contributed by atoms with E-state index in [2.05, 4.69) is 30.1 Å². The summed E-state index contributed by atoms with van der Waals surface area (Å²) in [6.07, 6.45) is 2.60. The molecule has 1 atom stereocenters. The fourth-order valence-electron chi connectivity index (χ4n) is 3.95. The van der Waals surface area contributed by atoms with Crippen LogP contribution in [0.4, 0.5) is 0 Å². The largest absolute Gasteiger partial charge is 0.343 e. The van der Waals surface area contributed by atoms with Gasteiger partial charge < -0.3 is 14.7 Å². The number of benzene rings is 1. The molecule has 0 aliphatic carbocycles. The number of nitrogens with zero attached hydrogens (tertiary/aromatic N) is 3. The van der Waals surface area contributed by atoms with Crippen LogP contribution < -0.4 is 0 Å². The van der Waals surface area contributed by atoms with Crippen LogP contribution in [-0.4, -0.2) is 66.3 Å². The molecule has 1 unspecified atom stereocenters. The number of carbonyl (C=O) groups excluding carboxylic acids is 2. The quantitative estimate of drug-likeness (QED) is 0.818. The van der Waals surface area contributed by atoms with E-state index in [1.807, 2.05) is 15.9 Å². The molecule has 5 heteroatoms. The van der Waals surface area contributed by atoms with Gasteiger partial charge in [-0.3, -0.25) is 9.59 Å². The number of likely N-dealkylation sites (tertiary alicyclic amines) is 1. The Morgan fingerprint density at radius 3 is 2.64 bits per heavy atom. The first-order chi connectivity index (χ1) is 12.0. The van der Waals surface area contributed by atoms with Crippen molar-refractivity contribution in [1.82, 2.24) is 14.7 Å². The van der Waals surface area contributed by atoms with Gasteiger partial charge in [0, 0.05) is 52.6 Å². The van der Waals surface area contributed by atoms with Crippen LogP contribution in [0.1, 0.15) is 30.9 Å². The third-order valence-corrected chi connectivity index (χ3v) is 5.49. The molecule has 0 saturated carbocycles. The van der Waals surface area contributed by atoms with Crippen LogP contribution in [0.2, 0.25) is 0 Å². The predicted molar refractivity (Wildman–Crippen MR) is 98.0 cm³/mol. The van der Waals surface area contributed by atoms with Gasteiger partial charge in [0.25, 0.3) is 0 Å². The van der Waals surface area contributed by atoms with E-state index in [0.717, 1.165) is 52.1 Å². The lowest BCUT2D eigenvalue weighted by Gasteiger charge is -2.29. The Morgan fingerprint density at radius 2 is 1.92 bits per heavy atom. The van der Waals surface area contributed by atoms with Gasteiger partial charge in [0.15, 0.2) is 0 Å². The first kappa shape index (κ1) is 17.9. The van der Waals surface area contributed by atoms with Crippen molar-refractivity contribution in [3.05, 3.63) is 35.4 Å². The van der Waals surface area contributed by atoms with E-state index in [-0.39, 0.29) is 11.8 Å². The van der Waals surface area contributed by atoms with E-state index < -0.39 is 0 Å². The Labute approximate surface area is 150 Å². The minimum Gasteiger partial charge on any atom is -0.343 e. The highest BCUT2D eigenvalue weighted by Crippen LogP contribution is 2.20. The third-order valence-electron chi connectivity index (χ3n) is 5.49. The van der Waals surface area contributed by atoms with E-state index in [4.69, 9.17) is 0 Å². The molecule has 0 aromatic heterocycles. The van der Waals surface area contributed by atoms with Gasteiger partial charge in [-0.1, -0.05) is 24.3 Å². The second-order valence-electron chi connectivity index (χ2n) is 7.47. The summed E-state index contributed by atoms with van der Waals surface area (Å²) in [4.78, 5) is 30.1. The molecule has 25 heavy (non-hydrogen) atoms. The summed E-state index contributed by atoms with van der Waals surface area (Å²) in [6.45, 7) is 6.69. The number of hydrogen-bond acceptors (Lipinski definition) is 3. The van der Waals surface area contributed by atoms with E-state index >= 15 is 0 Å². The van der Waals surface area contributed by atoms with Gasteiger partial charge in [-0.2, -0.15) is 0 Å². The van der Waals surface area contributed by atoms with Crippen molar-refractivity contribution in [2.24, 2.45) is 5.92 Å². The summed E-state index contributed by atoms with van der Waals surface area (Å²) in [5.74, 6) is 0.953. The maximum Gasteiger partial charge on any atom is 0.224 e. The molecular weight excluding hydrogens is 314 g/mol. The van der Waals surface area contributed by atoms with Crippen molar-refractivity contribution in [2.75, 3.05) is 39.8 Å². The normalized spacial score (nSPS) is 20.0. The Bertz CT molecular complexity index is 631. The van der Waals surface area contributed by atoms with Crippen molar-refractivity contribution < 1.29 is 9.59 Å². The average molecular weight is 343 g/mol. The molecule has 1 fully saturated rings. The number of fused-ring (bicyclic) bond motifs is 1. The maximum atomic E-state index is 12.5. The highest BCUT2D eigenvalue weighted by atomic mass is 16.2. The standard InChI is InChI=1S/C20H29N3O2/c1-16(24)22-11-7-17(14-22)13-21(2)10-9-20(25)23-12-8-18-5-3-4-6-19(18)15-23/h3-6,17H,7-15H2,1-2H3. The van der Waals surface area contributed by atoms with Crippen molar-refractivity contribution >= 4 is 11.8 Å². The Kier molecular flexibility index (Phi) is 5.74. The molecule has 2 aliphatic rings. The Morgan fingerprint density at radius 1 is 1.16 bits per heavy atom. The van der Waals surface area contributed by atoms with Crippen molar-refractivity contribution in [1.29, 1.82) is 0 Å². The van der Waals surface area contributed by atoms with Gasteiger partial charge >= 0.3 is 0 Å². The highest BCUT2D eigenvalue weighted by molar-refractivity contribution is 5.76. The van der Waals surface area contributed by atoms with Gasteiger partial charge in [-0.25, -0.2) is 0 Å². The number of rotatable bonds is 5. The van der Waals surface area contributed by atoms with Gasteiger partial charge in [-0.15, -0.1) is 0 Å². The van der Waals surface area contributed by atoms with Crippen LogP contribution in [0.3, 0.4) is 0 Å². The molecule has 3 rings (SSSR count). The van der Waals surface area contributed by atoms with Crippen LogP contribution in [0.25, 0.3) is 0 Å². The van der Waals surface area contributed by atoms with Gasteiger partial charge in [0.1, 0.15) is 0 Å². The van der Waals surface area contributed by atoms with Crippen LogP contribution in [0, 0.1) is 5.92 Å². The molecule has 1 aromatic carbocycles. The van der Waals surface area contributed by atoms with Crippen LogP contribution >= 0.6 is 0 Å². The monoisotopic (exact) mass is 343 g/mol. The Hall–Kier alpha value is -1.88. The Balaban J connectivity index is 1.41. The summed E-state index contributed by atoms with van der Waals surface area (Å²) in [5, 5.41) is 0. The summed E-state index contributed by atoms with van der Waals surface area (Å²) in [6, 6.07) is 8.41. The maximum absolute atomic E-state index is 12.5. The molecule has 0 spiro atoms. The molecule has 2 aliphatic heterocycles. The van der Waals surface area contributed by atoms with E-state index in [1.165, 1.54) is 11.1 Å². The van der Waals surface area contributed by atoms with Crippen LogP contribution in [0.5, 0.6) is 0 Å². The molecule has 0 N–H and O–H groups in total. The molecule has 2 heterocycles. The second kappa shape index (κ2) is 8.00. The van der Waals surface area contributed by atoms with Gasteiger partial charge in [-0.05, 0) is 36.9 Å². The lowest BCUT2D eigenvalue weighted by atomic mass is 10.00. The average Bonchev–Trinajstić information content (AvgIpc) is 3.08. The predicted octanol–water partition coefficient (Wildman–Crippen LogP) is 1.76. The van der Waals surface area contributed by atoms with E-state index in [0.29, 0.717) is 12.3 Å². The molecule has 136 valence electrons.